The van der Waals surface area contributed by atoms with Gasteiger partial charge in [0.15, 0.2) is 5.82 Å². The molecule has 44 heavy (non-hydrogen) atoms. The molecule has 0 spiro atoms. The van der Waals surface area contributed by atoms with Gasteiger partial charge < -0.3 is 19.4 Å². The Morgan fingerprint density at radius 2 is 1.82 bits per heavy atom. The van der Waals surface area contributed by atoms with Gasteiger partial charge in [-0.05, 0) is 70.2 Å². The van der Waals surface area contributed by atoms with Crippen LogP contribution in [0.5, 0.6) is 6.01 Å². The number of halogens is 2. The van der Waals surface area contributed by atoms with Crippen molar-refractivity contribution in [1.29, 1.82) is 0 Å². The number of ether oxygens (including phenoxy) is 1. The van der Waals surface area contributed by atoms with E-state index in [2.05, 4.69) is 26.6 Å². The Labute approximate surface area is 261 Å². The van der Waals surface area contributed by atoms with E-state index in [0.29, 0.717) is 29.9 Å². The topological polar surface area (TPSA) is 90.5 Å². The second-order valence-corrected chi connectivity index (χ2v) is 12.9. The summed E-state index contributed by atoms with van der Waals surface area (Å²) in [7, 11) is 0. The lowest BCUT2D eigenvalue weighted by molar-refractivity contribution is -0.130. The van der Waals surface area contributed by atoms with Crippen LogP contribution < -0.4 is 9.64 Å². The van der Waals surface area contributed by atoms with Crippen molar-refractivity contribution in [3.63, 3.8) is 0 Å². The molecule has 2 atom stereocenters. The van der Waals surface area contributed by atoms with Crippen LogP contribution in [-0.4, -0.2) is 86.3 Å². The number of aromatic amines is 1. The summed E-state index contributed by atoms with van der Waals surface area (Å²) in [5, 5.41) is 8.71. The molecule has 1 aliphatic carbocycles. The Balaban J connectivity index is 1.33. The second-order valence-electron chi connectivity index (χ2n) is 12.5. The number of nitrogens with zero attached hydrogens (tertiary/aromatic N) is 6. The molecule has 11 heteroatoms. The molecule has 7 rings (SSSR count). The highest BCUT2D eigenvalue weighted by Gasteiger charge is 2.35. The SMILES string of the molecule is C=CC(=O)N1[C@H](C)CN(c2nc(OC3CCN(C4CC4)CC3)nc3c(F)c(-c4c(C)ccc5[nH]ncc45)c(Cl)cc23)C[C@@H]1C. The fraction of sp³-hybridized carbons (Fsp3) is 0.455. The maximum Gasteiger partial charge on any atom is 0.319 e. The van der Waals surface area contributed by atoms with Gasteiger partial charge in [0.2, 0.25) is 5.91 Å². The molecule has 0 bridgehead atoms. The van der Waals surface area contributed by atoms with Crippen LogP contribution in [-0.2, 0) is 4.79 Å². The van der Waals surface area contributed by atoms with Crippen LogP contribution in [0.2, 0.25) is 5.02 Å². The number of likely N-dealkylation sites (tertiary alicyclic amines) is 1. The zero-order valence-corrected chi connectivity index (χ0v) is 26.1. The van der Waals surface area contributed by atoms with Crippen molar-refractivity contribution in [2.45, 2.75) is 70.7 Å². The monoisotopic (exact) mass is 617 g/mol. The molecule has 9 nitrogen and oxygen atoms in total. The molecule has 1 N–H and O–H groups in total. The highest BCUT2D eigenvalue weighted by atomic mass is 35.5. The van der Waals surface area contributed by atoms with Gasteiger partial charge in [0.05, 0.1) is 16.7 Å². The summed E-state index contributed by atoms with van der Waals surface area (Å²) in [6, 6.07) is 6.25. The molecule has 2 aromatic heterocycles. The van der Waals surface area contributed by atoms with Crippen molar-refractivity contribution >= 4 is 45.1 Å². The first kappa shape index (κ1) is 29.0. The number of amides is 1. The van der Waals surface area contributed by atoms with E-state index in [9.17, 15) is 4.79 Å². The summed E-state index contributed by atoms with van der Waals surface area (Å²) < 4.78 is 23.3. The van der Waals surface area contributed by atoms with Crippen LogP contribution in [0.15, 0.2) is 37.1 Å². The van der Waals surface area contributed by atoms with E-state index in [1.54, 1.807) is 12.3 Å². The Hall–Kier alpha value is -3.76. The van der Waals surface area contributed by atoms with Gasteiger partial charge in [0.1, 0.15) is 17.4 Å². The molecule has 4 heterocycles. The van der Waals surface area contributed by atoms with Gasteiger partial charge in [-0.3, -0.25) is 9.89 Å². The van der Waals surface area contributed by atoms with Crippen LogP contribution in [0.3, 0.4) is 0 Å². The molecular formula is C33H37ClFN7O2. The van der Waals surface area contributed by atoms with Crippen molar-refractivity contribution in [1.82, 2.24) is 30.0 Å². The zero-order chi connectivity index (χ0) is 30.7. The van der Waals surface area contributed by atoms with Crippen LogP contribution in [0.25, 0.3) is 32.9 Å². The van der Waals surface area contributed by atoms with E-state index in [-0.39, 0.29) is 46.2 Å². The zero-order valence-electron chi connectivity index (χ0n) is 25.3. The molecule has 2 saturated heterocycles. The van der Waals surface area contributed by atoms with Gasteiger partial charge in [-0.1, -0.05) is 24.2 Å². The average molecular weight is 618 g/mol. The fourth-order valence-corrected chi connectivity index (χ4v) is 7.41. The van der Waals surface area contributed by atoms with Crippen LogP contribution in [0, 0.1) is 12.7 Å². The molecule has 2 aromatic carbocycles. The summed E-state index contributed by atoms with van der Waals surface area (Å²) >= 11 is 6.93. The van der Waals surface area contributed by atoms with Gasteiger partial charge in [-0.15, -0.1) is 0 Å². The summed E-state index contributed by atoms with van der Waals surface area (Å²) in [5.41, 5.74) is 2.78. The van der Waals surface area contributed by atoms with Gasteiger partial charge >= 0.3 is 6.01 Å². The van der Waals surface area contributed by atoms with Crippen molar-refractivity contribution in [3.8, 4) is 17.1 Å². The highest BCUT2D eigenvalue weighted by molar-refractivity contribution is 6.35. The van der Waals surface area contributed by atoms with Crippen LogP contribution in [0.4, 0.5) is 10.2 Å². The third-order valence-corrected chi connectivity index (χ3v) is 9.68. The summed E-state index contributed by atoms with van der Waals surface area (Å²) in [4.78, 5) is 28.7. The van der Waals surface area contributed by atoms with E-state index in [4.69, 9.17) is 26.3 Å². The molecule has 230 valence electrons. The van der Waals surface area contributed by atoms with Crippen molar-refractivity contribution in [2.24, 2.45) is 0 Å². The van der Waals surface area contributed by atoms with Crippen molar-refractivity contribution in [2.75, 3.05) is 31.1 Å². The maximum atomic E-state index is 16.9. The normalized spacial score (nSPS) is 21.8. The average Bonchev–Trinajstić information content (AvgIpc) is 3.74. The molecule has 1 amide bonds. The van der Waals surface area contributed by atoms with Crippen LogP contribution in [0.1, 0.15) is 45.1 Å². The number of carbonyl (C=O) groups excluding carboxylic acids is 1. The number of piperazine rings is 1. The third kappa shape index (κ3) is 5.07. The van der Waals surface area contributed by atoms with E-state index in [1.807, 2.05) is 37.8 Å². The van der Waals surface area contributed by atoms with Crippen LogP contribution >= 0.6 is 11.6 Å². The number of nitrogens with one attached hydrogen (secondary N) is 1. The van der Waals surface area contributed by atoms with Crippen molar-refractivity contribution in [3.05, 3.63) is 53.5 Å². The predicted molar refractivity (Wildman–Crippen MR) is 171 cm³/mol. The number of benzene rings is 2. The summed E-state index contributed by atoms with van der Waals surface area (Å²) in [5.74, 6) is -0.0837. The number of carbonyl (C=O) groups is 1. The molecular weight excluding hydrogens is 581 g/mol. The standard InChI is InChI=1S/C33H37ClFN7O2/c1-5-27(43)42-19(3)16-41(17-20(42)4)32-23-14-25(34)29(28-18(2)6-9-26-24(28)15-36-39-26)30(35)31(23)37-33(38-32)44-22-10-12-40(13-11-22)21-7-8-21/h5-6,9,14-15,19-22H,1,7-8,10-13,16-17H2,2-4H3,(H,36,39)/t19-,20+. The molecule has 0 unspecified atom stereocenters. The van der Waals surface area contributed by atoms with Crippen molar-refractivity contribution < 1.29 is 13.9 Å². The number of fused-ring (bicyclic) bond motifs is 2. The molecule has 4 aromatic rings. The minimum Gasteiger partial charge on any atom is -0.460 e. The first-order chi connectivity index (χ1) is 21.2. The van der Waals surface area contributed by atoms with Gasteiger partial charge in [-0.25, -0.2) is 4.39 Å². The number of hydrogen-bond donors (Lipinski definition) is 1. The Kier molecular flexibility index (Phi) is 7.45. The van der Waals surface area contributed by atoms with E-state index in [0.717, 1.165) is 48.4 Å². The molecule has 3 aliphatic rings. The molecule has 1 saturated carbocycles. The van der Waals surface area contributed by atoms with E-state index < -0.39 is 5.82 Å². The first-order valence-corrected chi connectivity index (χ1v) is 15.8. The van der Waals surface area contributed by atoms with E-state index in [1.165, 1.54) is 18.9 Å². The fourth-order valence-electron chi connectivity index (χ4n) is 7.12. The quantitative estimate of drug-likeness (QED) is 0.270. The lowest BCUT2D eigenvalue weighted by Crippen LogP contribution is -2.58. The van der Waals surface area contributed by atoms with Gasteiger partial charge in [-0.2, -0.15) is 15.1 Å². The number of aromatic nitrogens is 4. The number of piperidine rings is 1. The summed E-state index contributed by atoms with van der Waals surface area (Å²) in [6.45, 7) is 12.6. The number of aryl methyl sites for hydroxylation is 1. The maximum absolute atomic E-state index is 16.9. The number of rotatable bonds is 6. The largest absolute Gasteiger partial charge is 0.460 e. The highest BCUT2D eigenvalue weighted by Crippen LogP contribution is 2.43. The number of hydrogen-bond acceptors (Lipinski definition) is 7. The minimum absolute atomic E-state index is 0.0491. The molecule has 3 fully saturated rings. The number of anilines is 1. The molecule has 2 aliphatic heterocycles. The first-order valence-electron chi connectivity index (χ1n) is 15.5. The molecule has 0 radical (unpaired) electrons. The lowest BCUT2D eigenvalue weighted by Gasteiger charge is -2.44. The minimum atomic E-state index is -0.525. The van der Waals surface area contributed by atoms with Gasteiger partial charge in [0, 0.05) is 66.2 Å². The predicted octanol–water partition coefficient (Wildman–Crippen LogP) is 5.89. The number of H-pyrrole nitrogens is 1. The Bertz CT molecular complexity index is 1750. The van der Waals surface area contributed by atoms with Gasteiger partial charge in [0.25, 0.3) is 0 Å². The Morgan fingerprint density at radius 3 is 2.50 bits per heavy atom. The second kappa shape index (κ2) is 11.3. The third-order valence-electron chi connectivity index (χ3n) is 9.38. The lowest BCUT2D eigenvalue weighted by atomic mass is 9.95. The summed E-state index contributed by atoms with van der Waals surface area (Å²) in [6.07, 6.45) is 7.30. The van der Waals surface area contributed by atoms with E-state index >= 15 is 4.39 Å². The smallest absolute Gasteiger partial charge is 0.319 e. The Morgan fingerprint density at radius 1 is 1.09 bits per heavy atom.